The zero-order valence-electron chi connectivity index (χ0n) is 16.7. The first-order chi connectivity index (χ1) is 14.0. The number of ether oxygens (including phenoxy) is 1. The number of aryl methyl sites for hydroxylation is 2. The van der Waals surface area contributed by atoms with Crippen LogP contribution in [0.1, 0.15) is 51.9 Å². The number of thiophene rings is 1. The molecule has 158 valence electrons. The lowest BCUT2D eigenvalue weighted by Gasteiger charge is -2.23. The Morgan fingerprint density at radius 3 is 2.76 bits per heavy atom. The minimum atomic E-state index is -0.873. The number of hydrogen-bond acceptors (Lipinski definition) is 4. The molecule has 0 amide bonds. The molecule has 0 saturated heterocycles. The monoisotopic (exact) mass is 436 g/mol. The van der Waals surface area contributed by atoms with Crippen LogP contribution in [0.2, 0.25) is 0 Å². The van der Waals surface area contributed by atoms with Crippen molar-refractivity contribution in [2.75, 3.05) is 6.61 Å². The number of aromatic carboxylic acids is 1. The number of hydrogen-bond donors (Lipinski definition) is 2. The second-order valence-electron chi connectivity index (χ2n) is 7.80. The van der Waals surface area contributed by atoms with Gasteiger partial charge in [0.1, 0.15) is 4.88 Å². The Balaban J connectivity index is 1.49. The number of aliphatic hydroxyl groups is 1. The van der Waals surface area contributed by atoms with Gasteiger partial charge in [-0.15, -0.1) is 22.9 Å². The van der Waals surface area contributed by atoms with E-state index in [2.05, 4.69) is 31.2 Å². The number of aliphatic hydroxyl groups excluding tert-OH is 1. The van der Waals surface area contributed by atoms with Crippen molar-refractivity contribution in [1.29, 1.82) is 0 Å². The van der Waals surface area contributed by atoms with Crippen molar-refractivity contribution in [2.24, 2.45) is 11.8 Å². The fraction of sp³-hybridized carbons (Fsp3) is 0.522. The zero-order chi connectivity index (χ0) is 20.8. The number of carboxylic acids is 1. The molecule has 0 radical (unpaired) electrons. The Labute approximate surface area is 181 Å². The van der Waals surface area contributed by atoms with Gasteiger partial charge in [-0.1, -0.05) is 31.2 Å². The molecular weight excluding hydrogens is 408 g/mol. The number of carboxylic acid groups (broad SMARTS) is 1. The summed E-state index contributed by atoms with van der Waals surface area (Å²) in [5, 5.41) is 19.5. The van der Waals surface area contributed by atoms with Crippen LogP contribution in [0.3, 0.4) is 0 Å². The number of benzene rings is 1. The molecule has 3 rings (SSSR count). The van der Waals surface area contributed by atoms with Gasteiger partial charge in [-0.05, 0) is 61.3 Å². The summed E-state index contributed by atoms with van der Waals surface area (Å²) in [6.45, 7) is 3.19. The summed E-state index contributed by atoms with van der Waals surface area (Å²) >= 11 is 7.87. The van der Waals surface area contributed by atoms with Gasteiger partial charge in [-0.25, -0.2) is 4.79 Å². The second-order valence-corrected chi connectivity index (χ2v) is 9.53. The summed E-state index contributed by atoms with van der Waals surface area (Å²) in [4.78, 5) is 12.5. The van der Waals surface area contributed by atoms with E-state index in [4.69, 9.17) is 21.4 Å². The molecule has 2 aromatic rings. The van der Waals surface area contributed by atoms with E-state index in [0.717, 1.165) is 36.1 Å². The van der Waals surface area contributed by atoms with Gasteiger partial charge in [0.15, 0.2) is 0 Å². The van der Waals surface area contributed by atoms with Crippen LogP contribution in [0.4, 0.5) is 0 Å². The van der Waals surface area contributed by atoms with E-state index in [0.29, 0.717) is 24.5 Å². The number of alkyl halides is 1. The van der Waals surface area contributed by atoms with E-state index < -0.39 is 12.1 Å². The molecule has 4 nitrogen and oxygen atoms in total. The summed E-state index contributed by atoms with van der Waals surface area (Å²) in [6, 6.07) is 12.0. The molecule has 1 aliphatic carbocycles. The maximum atomic E-state index is 11.0. The fourth-order valence-electron chi connectivity index (χ4n) is 4.15. The molecule has 0 aliphatic heterocycles. The lowest BCUT2D eigenvalue weighted by molar-refractivity contribution is 0.0200. The van der Waals surface area contributed by atoms with Crippen molar-refractivity contribution in [3.8, 4) is 0 Å². The standard InChI is InChI=1S/C23H29ClO4S/c1-2-15-5-3-6-16(11-15)13-28-14-19-18(20(24)12-21(19)25)8-4-7-17-9-10-22(29-17)23(26)27/h3,5-6,9-11,18-21,25H,2,4,7-8,12-14H2,1H3,(H,26,27). The first-order valence-electron chi connectivity index (χ1n) is 10.3. The number of carbonyl (C=O) groups is 1. The molecule has 0 bridgehead atoms. The molecule has 6 heteroatoms. The van der Waals surface area contributed by atoms with Crippen molar-refractivity contribution in [2.45, 2.75) is 57.1 Å². The van der Waals surface area contributed by atoms with Gasteiger partial charge < -0.3 is 14.9 Å². The van der Waals surface area contributed by atoms with Gasteiger partial charge in [-0.2, -0.15) is 0 Å². The van der Waals surface area contributed by atoms with E-state index in [-0.39, 0.29) is 17.2 Å². The van der Waals surface area contributed by atoms with Crippen LogP contribution in [0.5, 0.6) is 0 Å². The van der Waals surface area contributed by atoms with E-state index in [9.17, 15) is 9.90 Å². The van der Waals surface area contributed by atoms with Gasteiger partial charge in [0.05, 0.1) is 19.3 Å². The van der Waals surface area contributed by atoms with Crippen LogP contribution in [0.15, 0.2) is 36.4 Å². The van der Waals surface area contributed by atoms with Crippen LogP contribution in [0, 0.1) is 11.8 Å². The first kappa shape index (κ1) is 22.3. The van der Waals surface area contributed by atoms with Gasteiger partial charge in [0.25, 0.3) is 0 Å². The van der Waals surface area contributed by atoms with E-state index in [1.807, 2.05) is 6.07 Å². The minimum absolute atomic E-state index is 0.0417. The first-order valence-corrected chi connectivity index (χ1v) is 11.5. The van der Waals surface area contributed by atoms with E-state index in [1.165, 1.54) is 16.9 Å². The normalized spacial score (nSPS) is 24.1. The highest BCUT2D eigenvalue weighted by atomic mass is 35.5. The Bertz CT molecular complexity index is 806. The zero-order valence-corrected chi connectivity index (χ0v) is 18.3. The largest absolute Gasteiger partial charge is 0.477 e. The smallest absolute Gasteiger partial charge is 0.345 e. The summed E-state index contributed by atoms with van der Waals surface area (Å²) in [5.41, 5.74) is 2.45. The molecule has 29 heavy (non-hydrogen) atoms. The molecule has 2 N–H and O–H groups in total. The lowest BCUT2D eigenvalue weighted by atomic mass is 9.90. The molecular formula is C23H29ClO4S. The minimum Gasteiger partial charge on any atom is -0.477 e. The number of halogens is 1. The lowest BCUT2D eigenvalue weighted by Crippen LogP contribution is -2.26. The number of rotatable bonds is 10. The maximum absolute atomic E-state index is 11.0. The third kappa shape index (κ3) is 6.05. The van der Waals surface area contributed by atoms with Crippen molar-refractivity contribution < 1.29 is 19.7 Å². The van der Waals surface area contributed by atoms with Gasteiger partial charge >= 0.3 is 5.97 Å². The molecule has 1 aromatic carbocycles. The molecule has 1 fully saturated rings. The molecule has 1 saturated carbocycles. The van der Waals surface area contributed by atoms with Crippen molar-refractivity contribution in [3.05, 3.63) is 57.3 Å². The Morgan fingerprint density at radius 2 is 2.03 bits per heavy atom. The van der Waals surface area contributed by atoms with E-state index in [1.54, 1.807) is 6.07 Å². The van der Waals surface area contributed by atoms with Crippen LogP contribution >= 0.6 is 22.9 Å². The van der Waals surface area contributed by atoms with Crippen LogP contribution in [0.25, 0.3) is 0 Å². The predicted octanol–water partition coefficient (Wildman–Crippen LogP) is 5.15. The van der Waals surface area contributed by atoms with E-state index >= 15 is 0 Å². The average molecular weight is 437 g/mol. The third-order valence-corrected chi connectivity index (χ3v) is 7.42. The Kier molecular flexibility index (Phi) is 8.13. The quantitative estimate of drug-likeness (QED) is 0.505. The molecule has 1 heterocycles. The Morgan fingerprint density at radius 1 is 1.24 bits per heavy atom. The van der Waals surface area contributed by atoms with Crippen LogP contribution in [-0.4, -0.2) is 34.3 Å². The molecule has 4 atom stereocenters. The van der Waals surface area contributed by atoms with Crippen LogP contribution in [-0.2, 0) is 24.2 Å². The highest BCUT2D eigenvalue weighted by Gasteiger charge is 2.41. The van der Waals surface area contributed by atoms with Crippen LogP contribution < -0.4 is 0 Å². The van der Waals surface area contributed by atoms with Crippen molar-refractivity contribution in [3.63, 3.8) is 0 Å². The highest BCUT2D eigenvalue weighted by molar-refractivity contribution is 7.13. The summed E-state index contributed by atoms with van der Waals surface area (Å²) < 4.78 is 5.96. The van der Waals surface area contributed by atoms with Gasteiger partial charge in [0, 0.05) is 16.2 Å². The summed E-state index contributed by atoms with van der Waals surface area (Å²) in [7, 11) is 0. The molecule has 1 aromatic heterocycles. The van der Waals surface area contributed by atoms with Crippen molar-refractivity contribution in [1.82, 2.24) is 0 Å². The van der Waals surface area contributed by atoms with Crippen molar-refractivity contribution >= 4 is 28.9 Å². The Hall–Kier alpha value is -1.40. The van der Waals surface area contributed by atoms with Gasteiger partial charge in [-0.3, -0.25) is 0 Å². The molecule has 1 aliphatic rings. The topological polar surface area (TPSA) is 66.8 Å². The predicted molar refractivity (Wildman–Crippen MR) is 117 cm³/mol. The highest BCUT2D eigenvalue weighted by Crippen LogP contribution is 2.39. The summed E-state index contributed by atoms with van der Waals surface area (Å²) in [5.74, 6) is -0.611. The second kappa shape index (κ2) is 10.6. The third-order valence-electron chi connectivity index (χ3n) is 5.79. The fourth-order valence-corrected chi connectivity index (χ4v) is 5.54. The molecule has 4 unspecified atom stereocenters. The maximum Gasteiger partial charge on any atom is 0.345 e. The van der Waals surface area contributed by atoms with Gasteiger partial charge in [0.2, 0.25) is 0 Å². The SMILES string of the molecule is CCc1cccc(COCC2C(O)CC(Cl)C2CCCc2ccc(C(=O)O)s2)c1. The molecule has 0 spiro atoms. The average Bonchev–Trinajstić information content (AvgIpc) is 3.28. The summed E-state index contributed by atoms with van der Waals surface area (Å²) in [6.07, 6.45) is 3.85.